The molecule has 1 N–H and O–H groups in total. The Hall–Kier alpha value is -2.09. The molecule has 0 radical (unpaired) electrons. The largest absolute Gasteiger partial charge is 0.465 e. The van der Waals surface area contributed by atoms with Crippen LogP contribution in [-0.2, 0) is 4.74 Å². The molecule has 0 bridgehead atoms. The number of nitrogens with zero attached hydrogens (tertiary/aromatic N) is 2. The number of esters is 1. The van der Waals surface area contributed by atoms with Gasteiger partial charge in [-0.05, 0) is 66.2 Å². The van der Waals surface area contributed by atoms with E-state index in [0.29, 0.717) is 32.3 Å². The van der Waals surface area contributed by atoms with Crippen LogP contribution in [0.15, 0.2) is 47.2 Å². The maximum atomic E-state index is 13.7. The molecule has 2 aromatic heterocycles. The van der Waals surface area contributed by atoms with Crippen LogP contribution >= 0.6 is 39.1 Å². The van der Waals surface area contributed by atoms with Gasteiger partial charge in [-0.3, -0.25) is 4.98 Å². The van der Waals surface area contributed by atoms with Crippen LogP contribution < -0.4 is 5.32 Å². The second kappa shape index (κ2) is 9.37. The summed E-state index contributed by atoms with van der Waals surface area (Å²) < 4.78 is 21.3. The van der Waals surface area contributed by atoms with E-state index in [9.17, 15) is 9.18 Å². The quantitative estimate of drug-likeness (QED) is 0.373. The van der Waals surface area contributed by atoms with E-state index in [1.54, 1.807) is 24.3 Å². The summed E-state index contributed by atoms with van der Waals surface area (Å²) in [6, 6.07) is 8.95. The summed E-state index contributed by atoms with van der Waals surface area (Å²) in [4.78, 5) is 17.0. The van der Waals surface area contributed by atoms with Crippen molar-refractivity contribution >= 4 is 50.8 Å². The molecule has 30 heavy (non-hydrogen) atoms. The van der Waals surface area contributed by atoms with Crippen LogP contribution in [0.1, 0.15) is 47.7 Å². The lowest BCUT2D eigenvalue weighted by Crippen LogP contribution is -2.22. The Morgan fingerprint density at radius 3 is 2.53 bits per heavy atom. The van der Waals surface area contributed by atoms with Crippen molar-refractivity contribution in [2.45, 2.75) is 25.9 Å². The van der Waals surface area contributed by atoms with Crippen LogP contribution in [0, 0.1) is 5.82 Å². The van der Waals surface area contributed by atoms with Crippen LogP contribution in [0.2, 0.25) is 10.0 Å². The number of nitrogens with one attached hydrogen (secondary N) is 1. The number of aromatic nitrogens is 2. The highest BCUT2D eigenvalue weighted by molar-refractivity contribution is 9.10. The van der Waals surface area contributed by atoms with E-state index in [1.807, 2.05) is 18.4 Å². The third-order valence-corrected chi connectivity index (χ3v) is 5.63. The van der Waals surface area contributed by atoms with Gasteiger partial charge in [0.1, 0.15) is 11.9 Å². The summed E-state index contributed by atoms with van der Waals surface area (Å²) in [5.41, 5.74) is 2.18. The van der Waals surface area contributed by atoms with Crippen molar-refractivity contribution in [3.63, 3.8) is 0 Å². The Morgan fingerprint density at radius 2 is 1.97 bits per heavy atom. The number of hydrogen-bond donors (Lipinski definition) is 1. The number of anilines is 1. The van der Waals surface area contributed by atoms with E-state index in [0.717, 1.165) is 0 Å². The molecule has 1 unspecified atom stereocenters. The first-order valence-electron chi connectivity index (χ1n) is 9.05. The lowest BCUT2D eigenvalue weighted by atomic mass is 10.0. The Kier molecular flexibility index (Phi) is 7.06. The summed E-state index contributed by atoms with van der Waals surface area (Å²) in [7, 11) is 1.33. The first-order chi connectivity index (χ1) is 14.2. The number of ether oxygens (including phenoxy) is 1. The van der Waals surface area contributed by atoms with E-state index in [4.69, 9.17) is 27.9 Å². The van der Waals surface area contributed by atoms with Crippen molar-refractivity contribution in [3.05, 3.63) is 80.0 Å². The van der Waals surface area contributed by atoms with Crippen LogP contribution in [0.5, 0.6) is 0 Å². The van der Waals surface area contributed by atoms with Crippen molar-refractivity contribution < 1.29 is 13.9 Å². The summed E-state index contributed by atoms with van der Waals surface area (Å²) in [5.74, 6) is -1.00. The number of methoxy groups -OCH3 is 1. The Morgan fingerprint density at radius 1 is 1.23 bits per heavy atom. The first kappa shape index (κ1) is 22.6. The molecule has 0 amide bonds. The van der Waals surface area contributed by atoms with Crippen LogP contribution in [0.4, 0.5) is 10.1 Å². The van der Waals surface area contributed by atoms with Gasteiger partial charge in [0.2, 0.25) is 0 Å². The topological polar surface area (TPSA) is 56.1 Å². The zero-order chi connectivity index (χ0) is 22.0. The van der Waals surface area contributed by atoms with Gasteiger partial charge in [0.05, 0.1) is 38.7 Å². The summed E-state index contributed by atoms with van der Waals surface area (Å²) in [5, 5.41) is 3.79. The lowest BCUT2D eigenvalue weighted by Gasteiger charge is -2.25. The number of pyridine rings is 1. The second-order valence-electron chi connectivity index (χ2n) is 6.83. The zero-order valence-electron chi connectivity index (χ0n) is 16.4. The van der Waals surface area contributed by atoms with Crippen molar-refractivity contribution in [1.82, 2.24) is 9.55 Å². The number of rotatable bonds is 6. The molecule has 0 spiro atoms. The molecule has 1 atom stereocenters. The molecule has 2 heterocycles. The van der Waals surface area contributed by atoms with Gasteiger partial charge in [0, 0.05) is 17.9 Å². The van der Waals surface area contributed by atoms with Gasteiger partial charge in [-0.15, -0.1) is 0 Å². The SMILES string of the molecule is COC(=O)c1cc(Br)n(C(C)C)c1C(Nc1ccc(F)c(Cl)c1)c1ccc(Cl)cn1. The Balaban J connectivity index is 2.22. The van der Waals surface area contributed by atoms with Gasteiger partial charge in [-0.2, -0.15) is 0 Å². The molecule has 158 valence electrons. The molecule has 1 aromatic carbocycles. The molecule has 0 aliphatic carbocycles. The van der Waals surface area contributed by atoms with Crippen LogP contribution in [-0.4, -0.2) is 22.6 Å². The molecular formula is C21H19BrCl2FN3O2. The minimum atomic E-state index is -0.577. The molecule has 0 saturated carbocycles. The van der Waals surface area contributed by atoms with Crippen molar-refractivity contribution in [2.75, 3.05) is 12.4 Å². The minimum absolute atomic E-state index is 0.0150. The number of carbonyl (C=O) groups is 1. The lowest BCUT2D eigenvalue weighted by molar-refractivity contribution is 0.0599. The highest BCUT2D eigenvalue weighted by atomic mass is 79.9. The fraction of sp³-hybridized carbons (Fsp3) is 0.238. The standard InChI is InChI=1S/C21H19BrCl2FN3O2/c1-11(2)28-18(22)9-14(21(29)30-3)20(28)19(17-7-4-12(23)10-26-17)27-13-5-6-16(25)15(24)8-13/h4-11,19,27H,1-3H3. The van der Waals surface area contributed by atoms with E-state index in [2.05, 4.69) is 26.2 Å². The number of carbonyl (C=O) groups excluding carboxylic acids is 1. The molecule has 3 rings (SSSR count). The van der Waals surface area contributed by atoms with E-state index in [1.165, 1.54) is 25.4 Å². The van der Waals surface area contributed by atoms with Crippen LogP contribution in [0.3, 0.4) is 0 Å². The molecule has 0 aliphatic heterocycles. The average molecular weight is 515 g/mol. The van der Waals surface area contributed by atoms with Crippen molar-refractivity contribution in [2.24, 2.45) is 0 Å². The predicted octanol–water partition coefficient (Wildman–Crippen LogP) is 6.66. The summed E-state index contributed by atoms with van der Waals surface area (Å²) in [6.45, 7) is 3.99. The molecular weight excluding hydrogens is 496 g/mol. The van der Waals surface area contributed by atoms with E-state index in [-0.39, 0.29) is 11.1 Å². The number of benzene rings is 1. The third kappa shape index (κ3) is 4.63. The van der Waals surface area contributed by atoms with Gasteiger partial charge in [-0.25, -0.2) is 9.18 Å². The zero-order valence-corrected chi connectivity index (χ0v) is 19.5. The number of halogens is 4. The smallest absolute Gasteiger partial charge is 0.339 e. The summed E-state index contributed by atoms with van der Waals surface area (Å²) in [6.07, 6.45) is 1.53. The average Bonchev–Trinajstić information content (AvgIpc) is 3.06. The van der Waals surface area contributed by atoms with Crippen LogP contribution in [0.25, 0.3) is 0 Å². The highest BCUT2D eigenvalue weighted by Crippen LogP contribution is 2.36. The minimum Gasteiger partial charge on any atom is -0.465 e. The fourth-order valence-electron chi connectivity index (χ4n) is 3.19. The third-order valence-electron chi connectivity index (χ3n) is 4.50. The first-order valence-corrected chi connectivity index (χ1v) is 10.6. The molecule has 5 nitrogen and oxygen atoms in total. The van der Waals surface area contributed by atoms with Gasteiger partial charge >= 0.3 is 5.97 Å². The van der Waals surface area contributed by atoms with Crippen molar-refractivity contribution in [3.8, 4) is 0 Å². The van der Waals surface area contributed by atoms with Gasteiger partial charge < -0.3 is 14.6 Å². The van der Waals surface area contributed by atoms with Crippen molar-refractivity contribution in [1.29, 1.82) is 0 Å². The predicted molar refractivity (Wildman–Crippen MR) is 120 cm³/mol. The maximum Gasteiger partial charge on any atom is 0.339 e. The Labute approximate surface area is 192 Å². The molecule has 0 aliphatic rings. The summed E-state index contributed by atoms with van der Waals surface area (Å²) >= 11 is 15.5. The second-order valence-corrected chi connectivity index (χ2v) is 8.48. The molecule has 0 fully saturated rings. The van der Waals surface area contributed by atoms with E-state index >= 15 is 0 Å². The van der Waals surface area contributed by atoms with Gasteiger partial charge in [-0.1, -0.05) is 23.2 Å². The Bertz CT molecular complexity index is 1070. The van der Waals surface area contributed by atoms with E-state index < -0.39 is 17.8 Å². The van der Waals surface area contributed by atoms with Gasteiger partial charge in [0.15, 0.2) is 0 Å². The molecule has 3 aromatic rings. The molecule has 9 heteroatoms. The highest BCUT2D eigenvalue weighted by Gasteiger charge is 2.30. The monoisotopic (exact) mass is 513 g/mol. The molecule has 0 saturated heterocycles. The fourth-order valence-corrected chi connectivity index (χ4v) is 4.32. The number of hydrogen-bond acceptors (Lipinski definition) is 4. The maximum absolute atomic E-state index is 13.7. The van der Waals surface area contributed by atoms with Gasteiger partial charge in [0.25, 0.3) is 0 Å². The normalized spacial score (nSPS) is 12.1.